The maximum atomic E-state index is 12.8. The van der Waals surface area contributed by atoms with Gasteiger partial charge in [-0.15, -0.1) is 0 Å². The predicted octanol–water partition coefficient (Wildman–Crippen LogP) is 4.42. The fourth-order valence-corrected chi connectivity index (χ4v) is 2.69. The largest absolute Gasteiger partial charge is 0.494 e. The van der Waals surface area contributed by atoms with Gasteiger partial charge in [-0.05, 0) is 43.7 Å². The standard InChI is InChI=1S/C17H20N2O2.C2H6.CH3.Y/c1-11-6-4-5-7-14(11)15-16(21-3)12(2)18-19(17(15)20)10-13-8-9-13;1-2;;/h4-7,13H,8-10H2,1-3H3;1-2H3;1H3;/q;;-1;. The Kier molecular flexibility index (Phi) is 10.4. The van der Waals surface area contributed by atoms with Gasteiger partial charge in [0.1, 0.15) is 5.69 Å². The van der Waals surface area contributed by atoms with Crippen molar-refractivity contribution in [3.8, 4) is 16.9 Å². The first-order valence-electron chi connectivity index (χ1n) is 8.33. The Morgan fingerprint density at radius 3 is 2.32 bits per heavy atom. The zero-order valence-corrected chi connectivity index (χ0v) is 19.1. The number of hydrogen-bond acceptors (Lipinski definition) is 3. The summed E-state index contributed by atoms with van der Waals surface area (Å²) in [5, 5.41) is 4.42. The van der Waals surface area contributed by atoms with Gasteiger partial charge in [-0.1, -0.05) is 38.1 Å². The number of benzene rings is 1. The van der Waals surface area contributed by atoms with Gasteiger partial charge in [-0.2, -0.15) is 5.10 Å². The second-order valence-electron chi connectivity index (χ2n) is 5.74. The minimum Gasteiger partial charge on any atom is -0.494 e. The molecule has 1 aromatic carbocycles. The van der Waals surface area contributed by atoms with Crippen LogP contribution >= 0.6 is 0 Å². The van der Waals surface area contributed by atoms with E-state index in [2.05, 4.69) is 5.10 Å². The molecule has 1 aromatic heterocycles. The first kappa shape index (κ1) is 24.0. The van der Waals surface area contributed by atoms with E-state index in [4.69, 9.17) is 4.74 Å². The van der Waals surface area contributed by atoms with Crippen LogP contribution in [0, 0.1) is 27.2 Å². The molecule has 0 aliphatic heterocycles. The van der Waals surface area contributed by atoms with Gasteiger partial charge in [0.25, 0.3) is 5.56 Å². The quantitative estimate of drug-likeness (QED) is 0.691. The Hall–Kier alpha value is -0.996. The summed E-state index contributed by atoms with van der Waals surface area (Å²) in [6.45, 7) is 8.61. The number of aromatic nitrogens is 2. The second kappa shape index (κ2) is 10.9. The van der Waals surface area contributed by atoms with E-state index in [1.165, 1.54) is 12.8 Å². The van der Waals surface area contributed by atoms with E-state index in [1.54, 1.807) is 11.8 Å². The Morgan fingerprint density at radius 1 is 1.20 bits per heavy atom. The van der Waals surface area contributed by atoms with Gasteiger partial charge in [0.2, 0.25) is 0 Å². The topological polar surface area (TPSA) is 44.1 Å². The molecule has 0 saturated heterocycles. The molecule has 1 heterocycles. The molecular formula is C20H29N2O2Y-. The van der Waals surface area contributed by atoms with E-state index >= 15 is 0 Å². The number of rotatable bonds is 4. The van der Waals surface area contributed by atoms with Gasteiger partial charge >= 0.3 is 0 Å². The number of nitrogens with zero attached hydrogens (tertiary/aromatic N) is 2. The molecule has 0 unspecified atom stereocenters. The molecule has 0 atom stereocenters. The van der Waals surface area contributed by atoms with E-state index in [-0.39, 0.29) is 45.7 Å². The monoisotopic (exact) mass is 418 g/mol. The molecule has 0 N–H and O–H groups in total. The molecule has 25 heavy (non-hydrogen) atoms. The first-order chi connectivity index (χ1) is 11.1. The van der Waals surface area contributed by atoms with Crippen LogP contribution in [0.5, 0.6) is 5.75 Å². The van der Waals surface area contributed by atoms with Gasteiger partial charge in [0.05, 0.1) is 12.7 Å². The Morgan fingerprint density at radius 2 is 1.80 bits per heavy atom. The van der Waals surface area contributed by atoms with Crippen molar-refractivity contribution in [3.05, 3.63) is 53.3 Å². The summed E-state index contributed by atoms with van der Waals surface area (Å²) in [5.74, 6) is 1.19. The summed E-state index contributed by atoms with van der Waals surface area (Å²) in [7, 11) is 1.59. The molecule has 0 spiro atoms. The molecule has 0 amide bonds. The molecular weight excluding hydrogens is 389 g/mol. The molecule has 1 radical (unpaired) electrons. The Labute approximate surface area is 176 Å². The van der Waals surface area contributed by atoms with Crippen LogP contribution in [0.1, 0.15) is 37.9 Å². The molecule has 135 valence electrons. The third-order valence-electron chi connectivity index (χ3n) is 4.02. The summed E-state index contributed by atoms with van der Waals surface area (Å²) in [6.07, 6.45) is 2.39. The minimum atomic E-state index is -0.0568. The molecule has 3 rings (SSSR count). The van der Waals surface area contributed by atoms with Gasteiger partial charge in [-0.3, -0.25) is 4.79 Å². The fourth-order valence-electron chi connectivity index (χ4n) is 2.69. The van der Waals surface area contributed by atoms with E-state index < -0.39 is 0 Å². The summed E-state index contributed by atoms with van der Waals surface area (Å²) < 4.78 is 7.07. The van der Waals surface area contributed by atoms with Gasteiger partial charge in [0, 0.05) is 39.3 Å². The van der Waals surface area contributed by atoms with E-state index in [0.717, 1.165) is 16.8 Å². The third kappa shape index (κ3) is 5.49. The van der Waals surface area contributed by atoms with Crippen LogP contribution in [0.2, 0.25) is 0 Å². The van der Waals surface area contributed by atoms with Gasteiger partial charge < -0.3 is 12.2 Å². The number of methoxy groups -OCH3 is 1. The van der Waals surface area contributed by atoms with Crippen LogP contribution in [0.15, 0.2) is 29.1 Å². The van der Waals surface area contributed by atoms with Crippen LogP contribution in [0.4, 0.5) is 0 Å². The number of aryl methyl sites for hydroxylation is 2. The normalized spacial score (nSPS) is 12.2. The van der Waals surface area contributed by atoms with Crippen molar-refractivity contribution < 1.29 is 37.4 Å². The summed E-state index contributed by atoms with van der Waals surface area (Å²) >= 11 is 0. The minimum absolute atomic E-state index is 0. The van der Waals surface area contributed by atoms with E-state index in [0.29, 0.717) is 23.8 Å². The molecule has 4 nitrogen and oxygen atoms in total. The average Bonchev–Trinajstić information content (AvgIpc) is 3.37. The van der Waals surface area contributed by atoms with Crippen LogP contribution in [-0.2, 0) is 39.3 Å². The van der Waals surface area contributed by atoms with Crippen LogP contribution in [0.3, 0.4) is 0 Å². The Balaban J connectivity index is 0.00000139. The maximum Gasteiger partial charge on any atom is 0.278 e. The number of ether oxygens (including phenoxy) is 1. The van der Waals surface area contributed by atoms with Crippen molar-refractivity contribution >= 4 is 0 Å². The van der Waals surface area contributed by atoms with Crippen LogP contribution in [-0.4, -0.2) is 16.9 Å². The summed E-state index contributed by atoms with van der Waals surface area (Å²) in [4.78, 5) is 12.8. The molecule has 1 aliphatic carbocycles. The average molecular weight is 418 g/mol. The van der Waals surface area contributed by atoms with Crippen molar-refractivity contribution in [2.75, 3.05) is 7.11 Å². The van der Waals surface area contributed by atoms with Crippen molar-refractivity contribution in [1.82, 2.24) is 9.78 Å². The molecule has 1 saturated carbocycles. The molecule has 5 heteroatoms. The molecule has 1 fully saturated rings. The van der Waals surface area contributed by atoms with E-state index in [1.807, 2.05) is 52.0 Å². The summed E-state index contributed by atoms with van der Waals surface area (Å²) in [6, 6.07) is 7.90. The molecule has 2 aromatic rings. The predicted molar refractivity (Wildman–Crippen MR) is 100 cm³/mol. The van der Waals surface area contributed by atoms with Gasteiger partial charge in [-0.25, -0.2) is 4.68 Å². The third-order valence-corrected chi connectivity index (χ3v) is 4.02. The van der Waals surface area contributed by atoms with Gasteiger partial charge in [0.15, 0.2) is 5.75 Å². The Bertz CT molecular complexity index is 737. The van der Waals surface area contributed by atoms with Crippen molar-refractivity contribution in [3.63, 3.8) is 0 Å². The van der Waals surface area contributed by atoms with E-state index in [9.17, 15) is 4.79 Å². The smallest absolute Gasteiger partial charge is 0.278 e. The first-order valence-corrected chi connectivity index (χ1v) is 8.33. The fraction of sp³-hybridized carbons (Fsp3) is 0.450. The van der Waals surface area contributed by atoms with Crippen LogP contribution in [0.25, 0.3) is 11.1 Å². The second-order valence-corrected chi connectivity index (χ2v) is 5.74. The zero-order valence-electron chi connectivity index (χ0n) is 16.3. The van der Waals surface area contributed by atoms with Crippen molar-refractivity contribution in [2.45, 2.75) is 47.1 Å². The molecule has 1 aliphatic rings. The number of hydrogen-bond donors (Lipinski definition) is 0. The SMILES string of the molecule is CC.COc1c(C)nn(CC2CC2)c(=O)c1-c1ccccc1C.[CH3-].[Y]. The zero-order chi connectivity index (χ0) is 17.0. The molecule has 0 bridgehead atoms. The van der Waals surface area contributed by atoms with Crippen LogP contribution < -0.4 is 10.3 Å². The van der Waals surface area contributed by atoms with Crippen molar-refractivity contribution in [1.29, 1.82) is 0 Å². The summed E-state index contributed by atoms with van der Waals surface area (Å²) in [5.41, 5.74) is 3.32. The van der Waals surface area contributed by atoms with Crippen molar-refractivity contribution in [2.24, 2.45) is 5.92 Å². The maximum absolute atomic E-state index is 12.8.